The molecule has 1 aliphatic rings. The first kappa shape index (κ1) is 18.9. The summed E-state index contributed by atoms with van der Waals surface area (Å²) in [6.45, 7) is 3.94. The standard InChI is InChI=1S/C17H21ClN2O5/c1-6-20-9(2)13(16(21)25-5)14(19-17(20)22)11-7-10(18)8-12(23-3)15(11)24-4/h7-8,14H,6H2,1-5H3,(H,19,22)/t14-/m0/s1. The Labute approximate surface area is 151 Å². The molecule has 0 saturated heterocycles. The Bertz CT molecular complexity index is 732. The lowest BCUT2D eigenvalue weighted by Gasteiger charge is -2.35. The molecule has 136 valence electrons. The summed E-state index contributed by atoms with van der Waals surface area (Å²) < 4.78 is 15.7. The molecule has 1 aromatic carbocycles. The van der Waals surface area contributed by atoms with Crippen LogP contribution in [-0.2, 0) is 9.53 Å². The van der Waals surface area contributed by atoms with Gasteiger partial charge in [-0.3, -0.25) is 4.90 Å². The number of rotatable bonds is 5. The number of halogens is 1. The first-order valence-electron chi connectivity index (χ1n) is 7.68. The van der Waals surface area contributed by atoms with E-state index in [2.05, 4.69) is 5.32 Å². The van der Waals surface area contributed by atoms with Gasteiger partial charge in [-0.15, -0.1) is 0 Å². The van der Waals surface area contributed by atoms with Crippen LogP contribution < -0.4 is 14.8 Å². The van der Waals surface area contributed by atoms with Crippen LogP contribution in [0.2, 0.25) is 5.02 Å². The lowest BCUT2D eigenvalue weighted by molar-refractivity contribution is -0.136. The topological polar surface area (TPSA) is 77.1 Å². The number of nitrogens with zero attached hydrogens (tertiary/aromatic N) is 1. The van der Waals surface area contributed by atoms with Crippen LogP contribution in [0, 0.1) is 0 Å². The number of amides is 2. The number of benzene rings is 1. The summed E-state index contributed by atoms with van der Waals surface area (Å²) in [7, 11) is 4.26. The van der Waals surface area contributed by atoms with Gasteiger partial charge in [-0.2, -0.15) is 0 Å². The number of nitrogens with one attached hydrogen (secondary N) is 1. The van der Waals surface area contributed by atoms with Crippen LogP contribution in [0.15, 0.2) is 23.4 Å². The third-order valence-electron chi connectivity index (χ3n) is 4.10. The Balaban J connectivity index is 2.72. The highest BCUT2D eigenvalue weighted by molar-refractivity contribution is 6.30. The molecule has 0 spiro atoms. The lowest BCUT2D eigenvalue weighted by atomic mass is 9.93. The molecule has 0 fully saturated rings. The monoisotopic (exact) mass is 368 g/mol. The molecule has 7 nitrogen and oxygen atoms in total. The molecule has 1 heterocycles. The van der Waals surface area contributed by atoms with Crippen molar-refractivity contribution in [3.63, 3.8) is 0 Å². The molecule has 8 heteroatoms. The predicted molar refractivity (Wildman–Crippen MR) is 92.9 cm³/mol. The van der Waals surface area contributed by atoms with Crippen LogP contribution in [0.5, 0.6) is 11.5 Å². The van der Waals surface area contributed by atoms with E-state index in [0.29, 0.717) is 39.9 Å². The number of methoxy groups -OCH3 is 3. The fraction of sp³-hybridized carbons (Fsp3) is 0.412. The van der Waals surface area contributed by atoms with Gasteiger partial charge in [0.1, 0.15) is 0 Å². The molecule has 1 N–H and O–H groups in total. The van der Waals surface area contributed by atoms with Crippen LogP contribution >= 0.6 is 11.6 Å². The van der Waals surface area contributed by atoms with Gasteiger partial charge in [0, 0.05) is 28.9 Å². The highest BCUT2D eigenvalue weighted by Gasteiger charge is 2.37. The third kappa shape index (κ3) is 3.37. The number of carbonyl (C=O) groups excluding carboxylic acids is 2. The summed E-state index contributed by atoms with van der Waals surface area (Å²) >= 11 is 6.18. The summed E-state index contributed by atoms with van der Waals surface area (Å²) in [6.07, 6.45) is 0. The minimum Gasteiger partial charge on any atom is -0.493 e. The minimum absolute atomic E-state index is 0.312. The molecule has 0 aromatic heterocycles. The van der Waals surface area contributed by atoms with Crippen LogP contribution in [-0.4, -0.2) is 44.8 Å². The Kier molecular flexibility index (Phi) is 5.79. The fourth-order valence-corrected chi connectivity index (χ4v) is 3.16. The molecular weight excluding hydrogens is 348 g/mol. The molecule has 0 unspecified atom stereocenters. The van der Waals surface area contributed by atoms with E-state index in [1.807, 2.05) is 6.92 Å². The lowest BCUT2D eigenvalue weighted by Crippen LogP contribution is -2.47. The average Bonchev–Trinajstić information content (AvgIpc) is 2.60. The highest BCUT2D eigenvalue weighted by Crippen LogP contribution is 2.42. The number of hydrogen-bond donors (Lipinski definition) is 1. The van der Waals surface area contributed by atoms with E-state index in [1.165, 1.54) is 26.2 Å². The smallest absolute Gasteiger partial charge is 0.337 e. The van der Waals surface area contributed by atoms with E-state index >= 15 is 0 Å². The zero-order chi connectivity index (χ0) is 18.7. The van der Waals surface area contributed by atoms with Gasteiger partial charge in [-0.05, 0) is 19.9 Å². The number of carbonyl (C=O) groups is 2. The van der Waals surface area contributed by atoms with E-state index in [0.717, 1.165) is 0 Å². The summed E-state index contributed by atoms with van der Waals surface area (Å²) in [6, 6.07) is 2.14. The van der Waals surface area contributed by atoms with Crippen molar-refractivity contribution >= 4 is 23.6 Å². The molecule has 1 aliphatic heterocycles. The second-order valence-corrected chi connectivity index (χ2v) is 5.78. The van der Waals surface area contributed by atoms with Gasteiger partial charge in [0.2, 0.25) is 0 Å². The Morgan fingerprint density at radius 2 is 1.96 bits per heavy atom. The van der Waals surface area contributed by atoms with Crippen molar-refractivity contribution in [2.75, 3.05) is 27.9 Å². The van der Waals surface area contributed by atoms with Crippen LogP contribution in [0.4, 0.5) is 4.79 Å². The summed E-state index contributed by atoms with van der Waals surface area (Å²) in [5, 5.41) is 3.21. The predicted octanol–water partition coefficient (Wildman–Crippen LogP) is 2.89. The quantitative estimate of drug-likeness (QED) is 0.808. The van der Waals surface area contributed by atoms with E-state index in [4.69, 9.17) is 25.8 Å². The first-order chi connectivity index (χ1) is 11.9. The third-order valence-corrected chi connectivity index (χ3v) is 4.32. The number of allylic oxidation sites excluding steroid dienone is 1. The molecule has 2 amide bonds. The maximum atomic E-state index is 12.4. The van der Waals surface area contributed by atoms with Crippen molar-refractivity contribution in [1.29, 1.82) is 0 Å². The van der Waals surface area contributed by atoms with Gasteiger partial charge in [0.15, 0.2) is 11.5 Å². The molecule has 1 aromatic rings. The Morgan fingerprint density at radius 3 is 2.48 bits per heavy atom. The van der Waals surface area contributed by atoms with Gasteiger partial charge in [-0.25, -0.2) is 9.59 Å². The zero-order valence-electron chi connectivity index (χ0n) is 14.8. The fourth-order valence-electron chi connectivity index (χ4n) is 2.94. The van der Waals surface area contributed by atoms with Gasteiger partial charge >= 0.3 is 12.0 Å². The van der Waals surface area contributed by atoms with E-state index in [9.17, 15) is 9.59 Å². The van der Waals surface area contributed by atoms with Crippen LogP contribution in [0.1, 0.15) is 25.5 Å². The second-order valence-electron chi connectivity index (χ2n) is 5.35. The summed E-state index contributed by atoms with van der Waals surface area (Å²) in [4.78, 5) is 26.3. The van der Waals surface area contributed by atoms with Crippen LogP contribution in [0.25, 0.3) is 0 Å². The van der Waals surface area contributed by atoms with Crippen molar-refractivity contribution in [3.8, 4) is 11.5 Å². The van der Waals surface area contributed by atoms with Gasteiger partial charge < -0.3 is 19.5 Å². The van der Waals surface area contributed by atoms with E-state index in [1.54, 1.807) is 19.1 Å². The molecule has 2 rings (SSSR count). The molecule has 0 bridgehead atoms. The molecule has 1 atom stereocenters. The second kappa shape index (κ2) is 7.65. The summed E-state index contributed by atoms with van der Waals surface area (Å²) in [5.41, 5.74) is 1.34. The van der Waals surface area contributed by atoms with Crippen molar-refractivity contribution in [3.05, 3.63) is 34.0 Å². The molecule has 0 saturated carbocycles. The zero-order valence-corrected chi connectivity index (χ0v) is 15.6. The summed E-state index contributed by atoms with van der Waals surface area (Å²) in [5.74, 6) is 0.248. The number of hydrogen-bond acceptors (Lipinski definition) is 5. The largest absolute Gasteiger partial charge is 0.493 e. The maximum Gasteiger partial charge on any atom is 0.337 e. The van der Waals surface area contributed by atoms with Crippen LogP contribution in [0.3, 0.4) is 0 Å². The SMILES string of the molecule is CCN1C(=O)N[C@@H](c2cc(Cl)cc(OC)c2OC)C(C(=O)OC)=C1C. The molecule has 25 heavy (non-hydrogen) atoms. The normalized spacial score (nSPS) is 17.3. The van der Waals surface area contributed by atoms with Crippen molar-refractivity contribution in [2.45, 2.75) is 19.9 Å². The van der Waals surface area contributed by atoms with Gasteiger partial charge in [0.25, 0.3) is 0 Å². The molecule has 0 aliphatic carbocycles. The van der Waals surface area contributed by atoms with Crippen molar-refractivity contribution in [1.82, 2.24) is 10.2 Å². The van der Waals surface area contributed by atoms with E-state index in [-0.39, 0.29) is 6.03 Å². The number of urea groups is 1. The van der Waals surface area contributed by atoms with Crippen molar-refractivity contribution in [2.24, 2.45) is 0 Å². The van der Waals surface area contributed by atoms with Gasteiger partial charge in [0.05, 0.1) is 32.9 Å². The van der Waals surface area contributed by atoms with E-state index < -0.39 is 12.0 Å². The number of esters is 1. The molecule has 0 radical (unpaired) electrons. The van der Waals surface area contributed by atoms with Gasteiger partial charge in [-0.1, -0.05) is 11.6 Å². The first-order valence-corrected chi connectivity index (χ1v) is 8.05. The average molecular weight is 369 g/mol. The van der Waals surface area contributed by atoms with Crippen molar-refractivity contribution < 1.29 is 23.8 Å². The Morgan fingerprint density at radius 1 is 1.28 bits per heavy atom. The minimum atomic E-state index is -0.773. The highest BCUT2D eigenvalue weighted by atomic mass is 35.5. The number of ether oxygens (including phenoxy) is 3. The molecular formula is C17H21ClN2O5. The maximum absolute atomic E-state index is 12.4. The Hall–Kier alpha value is -2.41.